The number of rotatable bonds is 4. The van der Waals surface area contributed by atoms with Crippen molar-refractivity contribution in [2.24, 2.45) is 0 Å². The van der Waals surface area contributed by atoms with Gasteiger partial charge in [-0.2, -0.15) is 0 Å². The number of aryl methyl sites for hydroxylation is 2. The predicted molar refractivity (Wildman–Crippen MR) is 77.8 cm³/mol. The third-order valence-electron chi connectivity index (χ3n) is 3.03. The fraction of sp³-hybridized carbons (Fsp3) is 0.200. The van der Waals surface area contributed by atoms with E-state index in [0.717, 1.165) is 17.5 Å². The van der Waals surface area contributed by atoms with Gasteiger partial charge in [-0.3, -0.25) is 4.72 Å². The van der Waals surface area contributed by atoms with E-state index < -0.39 is 10.0 Å². The average Bonchev–Trinajstić information content (AvgIpc) is 2.42. The van der Waals surface area contributed by atoms with Crippen LogP contribution < -0.4 is 4.72 Å². The second-order valence-corrected chi connectivity index (χ2v) is 6.06. The molecule has 0 aliphatic rings. The van der Waals surface area contributed by atoms with E-state index in [0.29, 0.717) is 5.69 Å². The van der Waals surface area contributed by atoms with Gasteiger partial charge in [-0.15, -0.1) is 0 Å². The van der Waals surface area contributed by atoms with E-state index in [2.05, 4.69) is 4.72 Å². The molecule has 0 saturated heterocycles. The minimum Gasteiger partial charge on any atom is -0.279 e. The molecule has 0 aliphatic heterocycles. The maximum Gasteiger partial charge on any atom is 0.261 e. The predicted octanol–water partition coefficient (Wildman–Crippen LogP) is 3.36. The van der Waals surface area contributed by atoms with Crippen LogP contribution in [0.1, 0.15) is 18.1 Å². The summed E-state index contributed by atoms with van der Waals surface area (Å²) in [6.07, 6.45) is 0.786. The molecule has 0 heterocycles. The summed E-state index contributed by atoms with van der Waals surface area (Å²) in [6, 6.07) is 14.2. The first kappa shape index (κ1) is 13.6. The van der Waals surface area contributed by atoms with Crippen molar-refractivity contribution < 1.29 is 8.42 Å². The SMILES string of the molecule is CCc1cccc(C)c1NS(=O)(=O)c1ccccc1. The largest absolute Gasteiger partial charge is 0.279 e. The van der Waals surface area contributed by atoms with Crippen molar-refractivity contribution in [1.29, 1.82) is 0 Å². The van der Waals surface area contributed by atoms with Crippen molar-refractivity contribution >= 4 is 15.7 Å². The molecule has 0 aliphatic carbocycles. The highest BCUT2D eigenvalue weighted by Gasteiger charge is 2.16. The van der Waals surface area contributed by atoms with E-state index >= 15 is 0 Å². The van der Waals surface area contributed by atoms with Gasteiger partial charge in [0.25, 0.3) is 10.0 Å². The van der Waals surface area contributed by atoms with Crippen LogP contribution in [0.3, 0.4) is 0 Å². The Labute approximate surface area is 114 Å². The number of anilines is 1. The molecule has 100 valence electrons. The topological polar surface area (TPSA) is 46.2 Å². The number of benzene rings is 2. The lowest BCUT2D eigenvalue weighted by Crippen LogP contribution is -2.15. The van der Waals surface area contributed by atoms with Gasteiger partial charge in [0.15, 0.2) is 0 Å². The Hall–Kier alpha value is -1.81. The summed E-state index contributed by atoms with van der Waals surface area (Å²) >= 11 is 0. The molecule has 2 rings (SSSR count). The van der Waals surface area contributed by atoms with E-state index in [-0.39, 0.29) is 4.90 Å². The minimum atomic E-state index is -3.52. The molecule has 2 aromatic rings. The zero-order chi connectivity index (χ0) is 13.9. The van der Waals surface area contributed by atoms with Gasteiger partial charge in [0.05, 0.1) is 10.6 Å². The van der Waals surface area contributed by atoms with Crippen LogP contribution in [0.2, 0.25) is 0 Å². The van der Waals surface area contributed by atoms with Crippen LogP contribution >= 0.6 is 0 Å². The lowest BCUT2D eigenvalue weighted by Gasteiger charge is -2.14. The number of para-hydroxylation sites is 1. The zero-order valence-electron chi connectivity index (χ0n) is 11.1. The first-order valence-electron chi connectivity index (χ1n) is 6.21. The molecule has 0 aromatic heterocycles. The second kappa shape index (κ2) is 5.45. The summed E-state index contributed by atoms with van der Waals surface area (Å²) < 4.78 is 27.3. The molecule has 0 saturated carbocycles. The van der Waals surface area contributed by atoms with Crippen LogP contribution in [0, 0.1) is 6.92 Å². The molecule has 0 spiro atoms. The Bertz CT molecular complexity index is 664. The first-order chi connectivity index (χ1) is 9.04. The van der Waals surface area contributed by atoms with E-state index in [9.17, 15) is 8.42 Å². The van der Waals surface area contributed by atoms with Gasteiger partial charge in [0.1, 0.15) is 0 Å². The minimum absolute atomic E-state index is 0.278. The van der Waals surface area contributed by atoms with Crippen LogP contribution in [0.15, 0.2) is 53.4 Å². The molecule has 0 atom stereocenters. The number of sulfonamides is 1. The van der Waals surface area contributed by atoms with Gasteiger partial charge < -0.3 is 0 Å². The van der Waals surface area contributed by atoms with Crippen LogP contribution in [-0.2, 0) is 16.4 Å². The Balaban J connectivity index is 2.42. The smallest absolute Gasteiger partial charge is 0.261 e. The molecular weight excluding hydrogens is 258 g/mol. The van der Waals surface area contributed by atoms with Crippen molar-refractivity contribution in [3.05, 3.63) is 59.7 Å². The molecule has 0 amide bonds. The van der Waals surface area contributed by atoms with E-state index in [4.69, 9.17) is 0 Å². The molecule has 0 bridgehead atoms. The molecular formula is C15H17NO2S. The average molecular weight is 275 g/mol. The Kier molecular flexibility index (Phi) is 3.90. The fourth-order valence-corrected chi connectivity index (χ4v) is 3.16. The maximum absolute atomic E-state index is 12.3. The number of hydrogen-bond acceptors (Lipinski definition) is 2. The van der Waals surface area contributed by atoms with Crippen LogP contribution in [-0.4, -0.2) is 8.42 Å². The lowest BCUT2D eigenvalue weighted by molar-refractivity contribution is 0.601. The normalized spacial score (nSPS) is 11.3. The molecule has 2 aromatic carbocycles. The molecule has 0 fully saturated rings. The molecule has 1 N–H and O–H groups in total. The van der Waals surface area contributed by atoms with Gasteiger partial charge in [-0.1, -0.05) is 43.3 Å². The molecule has 0 radical (unpaired) electrons. The Morgan fingerprint density at radius 1 is 1.00 bits per heavy atom. The second-order valence-electron chi connectivity index (χ2n) is 4.38. The van der Waals surface area contributed by atoms with Crippen LogP contribution in [0.25, 0.3) is 0 Å². The van der Waals surface area contributed by atoms with Gasteiger partial charge >= 0.3 is 0 Å². The van der Waals surface area contributed by atoms with Gasteiger partial charge in [-0.25, -0.2) is 8.42 Å². The quantitative estimate of drug-likeness (QED) is 0.930. The van der Waals surface area contributed by atoms with Crippen molar-refractivity contribution in [2.45, 2.75) is 25.2 Å². The highest BCUT2D eigenvalue weighted by Crippen LogP contribution is 2.24. The summed E-state index contributed by atoms with van der Waals surface area (Å²) in [5, 5.41) is 0. The third-order valence-corrected chi connectivity index (χ3v) is 4.40. The Morgan fingerprint density at radius 2 is 1.68 bits per heavy atom. The zero-order valence-corrected chi connectivity index (χ0v) is 11.9. The number of nitrogens with one attached hydrogen (secondary N) is 1. The first-order valence-corrected chi connectivity index (χ1v) is 7.69. The van der Waals surface area contributed by atoms with Crippen molar-refractivity contribution in [3.63, 3.8) is 0 Å². The maximum atomic E-state index is 12.3. The highest BCUT2D eigenvalue weighted by molar-refractivity contribution is 7.92. The number of hydrogen-bond donors (Lipinski definition) is 1. The molecule has 3 nitrogen and oxygen atoms in total. The third kappa shape index (κ3) is 2.96. The van der Waals surface area contributed by atoms with Crippen LogP contribution in [0.5, 0.6) is 0 Å². The monoisotopic (exact) mass is 275 g/mol. The standard InChI is InChI=1S/C15H17NO2S/c1-3-13-9-7-8-12(2)15(13)16-19(17,18)14-10-5-4-6-11-14/h4-11,16H,3H2,1-2H3. The van der Waals surface area contributed by atoms with Gasteiger partial charge in [0.2, 0.25) is 0 Å². The van der Waals surface area contributed by atoms with Crippen LogP contribution in [0.4, 0.5) is 5.69 Å². The summed E-state index contributed by atoms with van der Waals surface area (Å²) in [6.45, 7) is 3.91. The summed E-state index contributed by atoms with van der Waals surface area (Å²) in [4.78, 5) is 0.278. The summed E-state index contributed by atoms with van der Waals surface area (Å²) in [5.41, 5.74) is 2.62. The van der Waals surface area contributed by atoms with Crippen molar-refractivity contribution in [2.75, 3.05) is 4.72 Å². The van der Waals surface area contributed by atoms with E-state index in [1.807, 2.05) is 32.0 Å². The molecule has 4 heteroatoms. The van der Waals surface area contributed by atoms with E-state index in [1.165, 1.54) is 0 Å². The lowest BCUT2D eigenvalue weighted by atomic mass is 10.1. The summed E-state index contributed by atoms with van der Waals surface area (Å²) in [5.74, 6) is 0. The highest BCUT2D eigenvalue weighted by atomic mass is 32.2. The van der Waals surface area contributed by atoms with Crippen molar-refractivity contribution in [1.82, 2.24) is 0 Å². The summed E-state index contributed by atoms with van der Waals surface area (Å²) in [7, 11) is -3.52. The molecule has 19 heavy (non-hydrogen) atoms. The van der Waals surface area contributed by atoms with Gasteiger partial charge in [0, 0.05) is 0 Å². The Morgan fingerprint density at radius 3 is 2.32 bits per heavy atom. The van der Waals surface area contributed by atoms with Gasteiger partial charge in [-0.05, 0) is 36.6 Å². The molecule has 0 unspecified atom stereocenters. The fourth-order valence-electron chi connectivity index (χ4n) is 1.96. The van der Waals surface area contributed by atoms with Crippen molar-refractivity contribution in [3.8, 4) is 0 Å². The van der Waals surface area contributed by atoms with E-state index in [1.54, 1.807) is 30.3 Å².